The summed E-state index contributed by atoms with van der Waals surface area (Å²) < 4.78 is 41.4. The number of nitrogens with one attached hydrogen (secondary N) is 2. The quantitative estimate of drug-likeness (QED) is 0.623. The fourth-order valence-corrected chi connectivity index (χ4v) is 3.53. The summed E-state index contributed by atoms with van der Waals surface area (Å²) in [5.74, 6) is -0.337. The molecule has 1 aromatic carbocycles. The van der Waals surface area contributed by atoms with Gasteiger partial charge in [0.25, 0.3) is 5.56 Å². The second-order valence-corrected chi connectivity index (χ2v) is 7.32. The summed E-state index contributed by atoms with van der Waals surface area (Å²) in [6.45, 7) is 4.93. The minimum atomic E-state index is -4.59. The van der Waals surface area contributed by atoms with Gasteiger partial charge >= 0.3 is 6.18 Å². The molecule has 166 valence electrons. The number of aromatic amines is 1. The number of H-pyrrole nitrogens is 1. The van der Waals surface area contributed by atoms with Crippen LogP contribution in [0.1, 0.15) is 40.1 Å². The minimum Gasteiger partial charge on any atom is -0.325 e. The number of carbonyl (C=O) groups is 1. The Morgan fingerprint density at radius 1 is 1.25 bits per heavy atom. The van der Waals surface area contributed by atoms with Crippen molar-refractivity contribution in [2.24, 2.45) is 0 Å². The Bertz CT molecular complexity index is 1280. The number of aromatic nitrogens is 3. The number of nitrogens with zero attached hydrogens (tertiary/aromatic N) is 3. The maximum Gasteiger partial charge on any atom is 0.418 e. The Kier molecular flexibility index (Phi) is 6.20. The van der Waals surface area contributed by atoms with Crippen molar-refractivity contribution in [3.8, 4) is 11.8 Å². The van der Waals surface area contributed by atoms with Gasteiger partial charge in [0.1, 0.15) is 17.5 Å². The summed E-state index contributed by atoms with van der Waals surface area (Å²) in [6.07, 6.45) is -4.36. The van der Waals surface area contributed by atoms with Crippen LogP contribution in [0.4, 0.5) is 19.0 Å². The lowest BCUT2D eigenvalue weighted by molar-refractivity contribution is -0.137. The fraction of sp³-hybridized carbons (Fsp3) is 0.273. The van der Waals surface area contributed by atoms with Gasteiger partial charge in [0.15, 0.2) is 0 Å². The van der Waals surface area contributed by atoms with E-state index >= 15 is 0 Å². The van der Waals surface area contributed by atoms with Crippen molar-refractivity contribution < 1.29 is 18.0 Å². The number of hydrogen-bond donors (Lipinski definition) is 2. The number of nitriles is 1. The number of carbonyl (C=O) groups excluding carboxylic acids is 1. The van der Waals surface area contributed by atoms with Gasteiger partial charge in [0.05, 0.1) is 16.9 Å². The van der Waals surface area contributed by atoms with Crippen LogP contribution in [0.25, 0.3) is 5.69 Å². The van der Waals surface area contributed by atoms with Crippen molar-refractivity contribution in [2.45, 2.75) is 39.8 Å². The topological polar surface area (TPSA) is 104 Å². The van der Waals surface area contributed by atoms with E-state index in [-0.39, 0.29) is 29.9 Å². The first-order chi connectivity index (χ1) is 15.0. The Morgan fingerprint density at radius 3 is 2.59 bits per heavy atom. The highest BCUT2D eigenvalue weighted by molar-refractivity contribution is 5.90. The van der Waals surface area contributed by atoms with Crippen molar-refractivity contribution in [2.75, 3.05) is 5.32 Å². The minimum absolute atomic E-state index is 0.0102. The Morgan fingerprint density at radius 2 is 1.94 bits per heavy atom. The van der Waals surface area contributed by atoms with Crippen molar-refractivity contribution in [1.29, 1.82) is 5.26 Å². The molecule has 7 nitrogen and oxygen atoms in total. The maximum atomic E-state index is 13.4. The van der Waals surface area contributed by atoms with Gasteiger partial charge in [-0.05, 0) is 50.5 Å². The van der Waals surface area contributed by atoms with Gasteiger partial charge < -0.3 is 10.3 Å². The van der Waals surface area contributed by atoms with Gasteiger partial charge in [-0.2, -0.15) is 23.5 Å². The molecule has 0 aliphatic heterocycles. The monoisotopic (exact) mass is 443 g/mol. The van der Waals surface area contributed by atoms with Gasteiger partial charge in [0, 0.05) is 18.2 Å². The van der Waals surface area contributed by atoms with Crippen molar-refractivity contribution in [3.05, 3.63) is 74.3 Å². The van der Waals surface area contributed by atoms with E-state index in [1.807, 2.05) is 6.07 Å². The number of rotatable bonds is 5. The fourth-order valence-electron chi connectivity index (χ4n) is 3.53. The van der Waals surface area contributed by atoms with Crippen molar-refractivity contribution >= 4 is 11.7 Å². The summed E-state index contributed by atoms with van der Waals surface area (Å²) in [7, 11) is 0. The molecule has 0 saturated heterocycles. The van der Waals surface area contributed by atoms with Crippen LogP contribution in [0.5, 0.6) is 0 Å². The molecule has 2 heterocycles. The van der Waals surface area contributed by atoms with Gasteiger partial charge in [-0.1, -0.05) is 12.1 Å². The molecule has 0 bridgehead atoms. The van der Waals surface area contributed by atoms with E-state index < -0.39 is 23.2 Å². The van der Waals surface area contributed by atoms with E-state index in [0.717, 1.165) is 10.7 Å². The smallest absolute Gasteiger partial charge is 0.325 e. The molecule has 32 heavy (non-hydrogen) atoms. The highest BCUT2D eigenvalue weighted by atomic mass is 19.4. The molecule has 3 aromatic rings. The summed E-state index contributed by atoms with van der Waals surface area (Å²) in [6, 6.07) is 8.31. The lowest BCUT2D eigenvalue weighted by Gasteiger charge is -2.15. The summed E-state index contributed by atoms with van der Waals surface area (Å²) in [5, 5.41) is 15.9. The van der Waals surface area contributed by atoms with E-state index in [1.54, 1.807) is 20.8 Å². The summed E-state index contributed by atoms with van der Waals surface area (Å²) in [4.78, 5) is 27.0. The largest absolute Gasteiger partial charge is 0.418 e. The number of halogens is 3. The zero-order valence-electron chi connectivity index (χ0n) is 17.6. The standard InChI is InChI=1S/C22H20F3N5O2/c1-12-10-19(30(29-12)18-7-5-4-6-17(18)22(23,24)25)28-20(31)9-8-15-13(2)16(11-26)21(32)27-14(15)3/h4-7,10H,8-9H2,1-3H3,(H,27,32)(H,28,31). The van der Waals surface area contributed by atoms with Crippen LogP contribution >= 0.6 is 0 Å². The molecule has 0 spiro atoms. The molecule has 2 N–H and O–H groups in total. The molecule has 3 rings (SSSR count). The van der Waals surface area contributed by atoms with E-state index in [9.17, 15) is 22.8 Å². The molecule has 2 aromatic heterocycles. The number of alkyl halides is 3. The zero-order chi connectivity index (χ0) is 23.6. The first kappa shape index (κ1) is 22.8. The predicted octanol–water partition coefficient (Wildman–Crippen LogP) is 3.95. The Labute approximate surface area is 181 Å². The van der Waals surface area contributed by atoms with Gasteiger partial charge in [0.2, 0.25) is 5.91 Å². The summed E-state index contributed by atoms with van der Waals surface area (Å²) in [5.41, 5.74) is 0.589. The van der Waals surface area contributed by atoms with E-state index in [1.165, 1.54) is 24.3 Å². The lowest BCUT2D eigenvalue weighted by atomic mass is 9.99. The van der Waals surface area contributed by atoms with Gasteiger partial charge in [-0.3, -0.25) is 9.59 Å². The molecule has 0 atom stereocenters. The number of amides is 1. The maximum absolute atomic E-state index is 13.4. The van der Waals surface area contributed by atoms with E-state index in [2.05, 4.69) is 15.4 Å². The molecule has 0 fully saturated rings. The second-order valence-electron chi connectivity index (χ2n) is 7.32. The number of anilines is 1. The van der Waals surface area contributed by atoms with Crippen LogP contribution in [-0.4, -0.2) is 20.7 Å². The average molecular weight is 443 g/mol. The normalized spacial score (nSPS) is 11.3. The number of aryl methyl sites for hydroxylation is 2. The van der Waals surface area contributed by atoms with Crippen LogP contribution in [0.3, 0.4) is 0 Å². The molecular weight excluding hydrogens is 423 g/mol. The second kappa shape index (κ2) is 8.70. The third-order valence-electron chi connectivity index (χ3n) is 5.06. The number of para-hydroxylation sites is 1. The van der Waals surface area contributed by atoms with Crippen LogP contribution < -0.4 is 10.9 Å². The van der Waals surface area contributed by atoms with Crippen LogP contribution in [0.15, 0.2) is 35.1 Å². The third kappa shape index (κ3) is 4.56. The molecule has 0 aliphatic carbocycles. The summed E-state index contributed by atoms with van der Waals surface area (Å²) >= 11 is 0. The number of hydrogen-bond acceptors (Lipinski definition) is 4. The first-order valence-corrected chi connectivity index (χ1v) is 9.68. The zero-order valence-corrected chi connectivity index (χ0v) is 17.6. The van der Waals surface area contributed by atoms with Crippen LogP contribution in [0.2, 0.25) is 0 Å². The molecule has 10 heteroatoms. The van der Waals surface area contributed by atoms with Crippen molar-refractivity contribution in [3.63, 3.8) is 0 Å². The van der Waals surface area contributed by atoms with Gasteiger partial charge in [-0.15, -0.1) is 0 Å². The number of benzene rings is 1. The molecule has 0 unspecified atom stereocenters. The highest BCUT2D eigenvalue weighted by Gasteiger charge is 2.34. The van der Waals surface area contributed by atoms with E-state index in [4.69, 9.17) is 5.26 Å². The average Bonchev–Trinajstić information content (AvgIpc) is 3.07. The van der Waals surface area contributed by atoms with Crippen LogP contribution in [-0.2, 0) is 17.4 Å². The Hall–Kier alpha value is -3.87. The molecule has 0 aliphatic rings. The van der Waals surface area contributed by atoms with E-state index in [0.29, 0.717) is 22.5 Å². The van der Waals surface area contributed by atoms with Crippen molar-refractivity contribution in [1.82, 2.24) is 14.8 Å². The lowest BCUT2D eigenvalue weighted by Crippen LogP contribution is -2.20. The first-order valence-electron chi connectivity index (χ1n) is 9.68. The van der Waals surface area contributed by atoms with Gasteiger partial charge in [-0.25, -0.2) is 4.68 Å². The SMILES string of the molecule is Cc1cc(NC(=O)CCc2c(C)[nH]c(=O)c(C#N)c2C)n(-c2ccccc2C(F)(F)F)n1. The Balaban J connectivity index is 1.85. The molecule has 1 amide bonds. The molecular formula is C22H20F3N5O2. The number of pyridine rings is 1. The predicted molar refractivity (Wildman–Crippen MR) is 112 cm³/mol. The van der Waals surface area contributed by atoms with Crippen LogP contribution in [0, 0.1) is 32.1 Å². The highest BCUT2D eigenvalue weighted by Crippen LogP contribution is 2.34. The molecule has 0 radical (unpaired) electrons. The third-order valence-corrected chi connectivity index (χ3v) is 5.06. The molecule has 0 saturated carbocycles.